The monoisotopic (exact) mass is 366 g/mol. The summed E-state index contributed by atoms with van der Waals surface area (Å²) < 4.78 is 0. The zero-order valence-corrected chi connectivity index (χ0v) is 16.8. The predicted octanol–water partition coefficient (Wildman–Crippen LogP) is 0.567. The zero-order valence-electron chi connectivity index (χ0n) is 16.8. The maximum Gasteiger partial charge on any atom is 0.217 e. The summed E-state index contributed by atoms with van der Waals surface area (Å²) in [7, 11) is 2.20. The maximum atomic E-state index is 11.2. The van der Waals surface area contributed by atoms with Gasteiger partial charge in [0.25, 0.3) is 0 Å². The second kappa shape index (κ2) is 11.4. The van der Waals surface area contributed by atoms with E-state index < -0.39 is 0 Å². The van der Waals surface area contributed by atoms with Gasteiger partial charge in [-0.3, -0.25) is 9.79 Å². The third kappa shape index (κ3) is 7.50. The molecule has 2 aliphatic heterocycles. The van der Waals surface area contributed by atoms with Crippen molar-refractivity contribution in [2.45, 2.75) is 39.0 Å². The number of hydrogen-bond donors (Lipinski definition) is 2. The number of likely N-dealkylation sites (N-methyl/N-ethyl adjacent to an activating group) is 1. The Kier molecular flexibility index (Phi) is 9.18. The highest BCUT2D eigenvalue weighted by molar-refractivity contribution is 5.80. The minimum absolute atomic E-state index is 0.192. The third-order valence-electron chi connectivity index (χ3n) is 5.38. The molecule has 1 unspecified atom stereocenters. The van der Waals surface area contributed by atoms with E-state index in [1.807, 2.05) is 0 Å². The average Bonchev–Trinajstić information content (AvgIpc) is 2.62. The van der Waals surface area contributed by atoms with Gasteiger partial charge in [-0.1, -0.05) is 0 Å². The maximum absolute atomic E-state index is 11.2. The normalized spacial score (nSPS) is 23.2. The number of carbonyl (C=O) groups is 1. The van der Waals surface area contributed by atoms with Crippen molar-refractivity contribution >= 4 is 11.9 Å². The Hall–Kier alpha value is -1.34. The molecule has 0 bridgehead atoms. The molecule has 0 aromatic heterocycles. The predicted molar refractivity (Wildman–Crippen MR) is 107 cm³/mol. The SMILES string of the molecule is CCNC(=NCCCCN1CCN(C)CC1)N1CCCC(CC(N)=O)C1. The molecule has 2 heterocycles. The molecule has 150 valence electrons. The van der Waals surface area contributed by atoms with Crippen molar-refractivity contribution in [1.29, 1.82) is 0 Å². The molecule has 2 aliphatic rings. The van der Waals surface area contributed by atoms with Crippen molar-refractivity contribution in [2.75, 3.05) is 66.0 Å². The van der Waals surface area contributed by atoms with Crippen LogP contribution in [0, 0.1) is 5.92 Å². The molecule has 26 heavy (non-hydrogen) atoms. The molecule has 1 atom stereocenters. The van der Waals surface area contributed by atoms with Crippen LogP contribution in [0.3, 0.4) is 0 Å². The van der Waals surface area contributed by atoms with Crippen LogP contribution in [0.4, 0.5) is 0 Å². The van der Waals surface area contributed by atoms with E-state index in [9.17, 15) is 4.79 Å². The van der Waals surface area contributed by atoms with E-state index in [2.05, 4.69) is 34.0 Å². The van der Waals surface area contributed by atoms with Gasteiger partial charge in [0.05, 0.1) is 0 Å². The molecule has 0 aromatic rings. The number of nitrogens with zero attached hydrogens (tertiary/aromatic N) is 4. The van der Waals surface area contributed by atoms with Crippen LogP contribution in [0.1, 0.15) is 39.0 Å². The standard InChI is InChI=1S/C19H38N6O/c1-3-21-19(25-10-6-7-17(16-25)15-18(20)26)22-8-4-5-9-24-13-11-23(2)12-14-24/h17H,3-16H2,1-2H3,(H2,20,26)(H,21,22). The van der Waals surface area contributed by atoms with Gasteiger partial charge in [-0.05, 0) is 52.1 Å². The number of carbonyl (C=O) groups excluding carboxylic acids is 1. The smallest absolute Gasteiger partial charge is 0.217 e. The van der Waals surface area contributed by atoms with Gasteiger partial charge in [0.15, 0.2) is 5.96 Å². The average molecular weight is 367 g/mol. The second-order valence-electron chi connectivity index (χ2n) is 7.71. The summed E-state index contributed by atoms with van der Waals surface area (Å²) in [5.74, 6) is 1.17. The van der Waals surface area contributed by atoms with Gasteiger partial charge in [0.2, 0.25) is 5.91 Å². The van der Waals surface area contributed by atoms with Crippen LogP contribution < -0.4 is 11.1 Å². The Bertz CT molecular complexity index is 447. The summed E-state index contributed by atoms with van der Waals surface area (Å²) in [6, 6.07) is 0. The van der Waals surface area contributed by atoms with Crippen LogP contribution in [-0.4, -0.2) is 92.5 Å². The fourth-order valence-corrected chi connectivity index (χ4v) is 3.84. The molecule has 1 amide bonds. The Morgan fingerprint density at radius 1 is 1.19 bits per heavy atom. The molecule has 0 radical (unpaired) electrons. The Balaban J connectivity index is 1.72. The second-order valence-corrected chi connectivity index (χ2v) is 7.71. The molecule has 2 saturated heterocycles. The van der Waals surface area contributed by atoms with Gasteiger partial charge in [-0.15, -0.1) is 0 Å². The molecule has 0 spiro atoms. The number of piperazine rings is 1. The lowest BCUT2D eigenvalue weighted by Gasteiger charge is -2.34. The number of unbranched alkanes of at least 4 members (excludes halogenated alkanes) is 1. The van der Waals surface area contributed by atoms with Crippen LogP contribution in [0.25, 0.3) is 0 Å². The number of piperidine rings is 1. The van der Waals surface area contributed by atoms with Crippen LogP contribution in [0.15, 0.2) is 4.99 Å². The topological polar surface area (TPSA) is 77.2 Å². The summed E-state index contributed by atoms with van der Waals surface area (Å²) >= 11 is 0. The van der Waals surface area contributed by atoms with Crippen molar-refractivity contribution in [1.82, 2.24) is 20.0 Å². The Labute approximate surface area is 159 Å². The fourth-order valence-electron chi connectivity index (χ4n) is 3.84. The summed E-state index contributed by atoms with van der Waals surface area (Å²) in [5.41, 5.74) is 5.38. The first-order valence-electron chi connectivity index (χ1n) is 10.3. The first-order chi connectivity index (χ1) is 12.6. The molecule has 2 fully saturated rings. The highest BCUT2D eigenvalue weighted by atomic mass is 16.1. The number of guanidine groups is 1. The van der Waals surface area contributed by atoms with Crippen LogP contribution in [0.2, 0.25) is 0 Å². The van der Waals surface area contributed by atoms with E-state index >= 15 is 0 Å². The van der Waals surface area contributed by atoms with Gasteiger partial charge in [-0.25, -0.2) is 0 Å². The number of nitrogens with two attached hydrogens (primary N) is 1. The van der Waals surface area contributed by atoms with E-state index in [0.717, 1.165) is 51.4 Å². The number of aliphatic imine (C=N–C) groups is 1. The molecular weight excluding hydrogens is 328 g/mol. The largest absolute Gasteiger partial charge is 0.370 e. The third-order valence-corrected chi connectivity index (χ3v) is 5.38. The molecule has 0 aliphatic carbocycles. The van der Waals surface area contributed by atoms with Crippen molar-refractivity contribution < 1.29 is 4.79 Å². The molecule has 2 rings (SSSR count). The molecule has 0 aromatic carbocycles. The van der Waals surface area contributed by atoms with Crippen molar-refractivity contribution in [3.8, 4) is 0 Å². The lowest BCUT2D eigenvalue weighted by molar-refractivity contribution is -0.119. The highest BCUT2D eigenvalue weighted by Crippen LogP contribution is 2.19. The van der Waals surface area contributed by atoms with Crippen molar-refractivity contribution in [3.63, 3.8) is 0 Å². The minimum Gasteiger partial charge on any atom is -0.370 e. The summed E-state index contributed by atoms with van der Waals surface area (Å²) in [6.07, 6.45) is 5.01. The van der Waals surface area contributed by atoms with Gasteiger partial charge in [-0.2, -0.15) is 0 Å². The van der Waals surface area contributed by atoms with Gasteiger partial charge in [0, 0.05) is 58.8 Å². The van der Waals surface area contributed by atoms with E-state index in [-0.39, 0.29) is 5.91 Å². The quantitative estimate of drug-likeness (QED) is 0.373. The first-order valence-corrected chi connectivity index (χ1v) is 10.3. The Morgan fingerprint density at radius 3 is 2.65 bits per heavy atom. The molecule has 7 heteroatoms. The summed E-state index contributed by atoms with van der Waals surface area (Å²) in [4.78, 5) is 23.3. The van der Waals surface area contributed by atoms with Crippen molar-refractivity contribution in [3.05, 3.63) is 0 Å². The van der Waals surface area contributed by atoms with Crippen LogP contribution >= 0.6 is 0 Å². The minimum atomic E-state index is -0.192. The number of rotatable bonds is 8. The number of hydrogen-bond acceptors (Lipinski definition) is 4. The molecule has 7 nitrogen and oxygen atoms in total. The number of amides is 1. The van der Waals surface area contributed by atoms with Crippen LogP contribution in [0.5, 0.6) is 0 Å². The first kappa shape index (κ1) is 21.0. The lowest BCUT2D eigenvalue weighted by atomic mass is 9.95. The van der Waals surface area contributed by atoms with Gasteiger partial charge in [0.1, 0.15) is 0 Å². The molecule has 3 N–H and O–H groups in total. The molecule has 0 saturated carbocycles. The zero-order chi connectivity index (χ0) is 18.8. The highest BCUT2D eigenvalue weighted by Gasteiger charge is 2.23. The lowest BCUT2D eigenvalue weighted by Crippen LogP contribution is -2.47. The summed E-state index contributed by atoms with van der Waals surface area (Å²) in [6.45, 7) is 11.7. The van der Waals surface area contributed by atoms with Gasteiger partial charge >= 0.3 is 0 Å². The van der Waals surface area contributed by atoms with E-state index in [0.29, 0.717) is 12.3 Å². The van der Waals surface area contributed by atoms with E-state index in [4.69, 9.17) is 10.7 Å². The summed E-state index contributed by atoms with van der Waals surface area (Å²) in [5, 5.41) is 3.42. The molecular formula is C19H38N6O. The van der Waals surface area contributed by atoms with E-state index in [1.54, 1.807) is 0 Å². The fraction of sp³-hybridized carbons (Fsp3) is 0.895. The number of nitrogens with one attached hydrogen (secondary N) is 1. The van der Waals surface area contributed by atoms with Gasteiger partial charge < -0.3 is 25.8 Å². The number of likely N-dealkylation sites (tertiary alicyclic amines) is 1. The van der Waals surface area contributed by atoms with E-state index in [1.165, 1.54) is 39.1 Å². The van der Waals surface area contributed by atoms with Crippen LogP contribution in [-0.2, 0) is 4.79 Å². The number of primary amides is 1. The van der Waals surface area contributed by atoms with Crippen molar-refractivity contribution in [2.24, 2.45) is 16.6 Å². The Morgan fingerprint density at radius 2 is 1.96 bits per heavy atom.